The molecule has 0 aliphatic heterocycles. The quantitative estimate of drug-likeness (QED) is 0.299. The first-order valence-corrected chi connectivity index (χ1v) is 13.1. The van der Waals surface area contributed by atoms with Gasteiger partial charge in [0.1, 0.15) is 4.90 Å². The lowest BCUT2D eigenvalue weighted by Crippen LogP contribution is -2.14. The summed E-state index contributed by atoms with van der Waals surface area (Å²) < 4.78 is 64.0. The van der Waals surface area contributed by atoms with Crippen LogP contribution in [0, 0.1) is 5.92 Å². The van der Waals surface area contributed by atoms with Gasteiger partial charge in [0.15, 0.2) is 0 Å². The summed E-state index contributed by atoms with van der Waals surface area (Å²) in [7, 11) is -9.72. The summed E-state index contributed by atoms with van der Waals surface area (Å²) in [5.41, 5.74) is 1.57. The predicted octanol–water partition coefficient (Wildman–Crippen LogP) is 9.45. The van der Waals surface area contributed by atoms with Gasteiger partial charge in [-0.2, -0.15) is 0 Å². The molecule has 8 heteroatoms. The molecule has 1 saturated carbocycles. The van der Waals surface area contributed by atoms with Crippen LogP contribution >= 0.6 is 10.2 Å². The normalized spacial score (nSPS) is 21.4. The van der Waals surface area contributed by atoms with Crippen molar-refractivity contribution < 1.29 is 24.2 Å². The monoisotopic (exact) mass is 475 g/mol. The summed E-state index contributed by atoms with van der Waals surface area (Å²) >= 11 is 0. The zero-order valence-corrected chi connectivity index (χ0v) is 19.0. The molecule has 1 aliphatic rings. The molecule has 178 valence electrons. The molecule has 1 N–H and O–H groups in total. The van der Waals surface area contributed by atoms with E-state index in [0.29, 0.717) is 23.6 Å². The SMILES string of the molecule is CCCCCC1CCC(c2ccc(C(=O)Nc3ccc(S(F)(F)(F)(F)F)cc3)cc2)CC1. The van der Waals surface area contributed by atoms with Gasteiger partial charge in [0.05, 0.1) is 0 Å². The molecule has 3 rings (SSSR count). The van der Waals surface area contributed by atoms with Crippen LogP contribution in [0.25, 0.3) is 0 Å². The summed E-state index contributed by atoms with van der Waals surface area (Å²) in [5.74, 6) is 0.790. The number of hydrogen-bond donors (Lipinski definition) is 1. The molecular weight excluding hydrogens is 445 g/mol. The maximum Gasteiger partial charge on any atom is 0.310 e. The van der Waals surface area contributed by atoms with Crippen molar-refractivity contribution in [2.75, 3.05) is 5.32 Å². The largest absolute Gasteiger partial charge is 0.322 e. The van der Waals surface area contributed by atoms with Crippen LogP contribution in [-0.4, -0.2) is 5.91 Å². The minimum atomic E-state index is -9.72. The van der Waals surface area contributed by atoms with E-state index in [9.17, 15) is 24.2 Å². The predicted molar refractivity (Wildman–Crippen MR) is 121 cm³/mol. The average Bonchev–Trinajstić information content (AvgIpc) is 2.73. The van der Waals surface area contributed by atoms with Crippen molar-refractivity contribution in [2.45, 2.75) is 69.1 Å². The van der Waals surface area contributed by atoms with Gasteiger partial charge in [-0.3, -0.25) is 4.79 Å². The number of amides is 1. The molecule has 0 aromatic heterocycles. The summed E-state index contributed by atoms with van der Waals surface area (Å²) in [6.45, 7) is 2.21. The van der Waals surface area contributed by atoms with E-state index in [2.05, 4.69) is 12.2 Å². The summed E-state index contributed by atoms with van der Waals surface area (Å²) in [5, 5.41) is 2.45. The topological polar surface area (TPSA) is 29.1 Å². The van der Waals surface area contributed by atoms with Gasteiger partial charge >= 0.3 is 10.2 Å². The Balaban J connectivity index is 1.56. The van der Waals surface area contributed by atoms with Crippen molar-refractivity contribution in [3.8, 4) is 0 Å². The van der Waals surface area contributed by atoms with E-state index in [1.54, 1.807) is 12.1 Å². The van der Waals surface area contributed by atoms with Gasteiger partial charge in [0, 0.05) is 11.3 Å². The first kappa shape index (κ1) is 24.6. The van der Waals surface area contributed by atoms with Crippen LogP contribution in [0.2, 0.25) is 0 Å². The molecule has 0 bridgehead atoms. The van der Waals surface area contributed by atoms with Crippen molar-refractivity contribution >= 4 is 21.8 Å². The third-order valence-corrected chi connectivity index (χ3v) is 7.43. The lowest BCUT2D eigenvalue weighted by atomic mass is 9.77. The fraction of sp³-hybridized carbons (Fsp3) is 0.458. The molecule has 1 fully saturated rings. The molecule has 32 heavy (non-hydrogen) atoms. The van der Waals surface area contributed by atoms with Crippen molar-refractivity contribution in [2.24, 2.45) is 5.92 Å². The molecule has 1 amide bonds. The molecule has 2 aromatic rings. The number of anilines is 1. The third-order valence-electron chi connectivity index (χ3n) is 6.26. The lowest BCUT2D eigenvalue weighted by molar-refractivity contribution is 0.102. The molecule has 0 radical (unpaired) electrons. The highest BCUT2D eigenvalue weighted by molar-refractivity contribution is 8.45. The average molecular weight is 476 g/mol. The number of hydrogen-bond acceptors (Lipinski definition) is 1. The number of carbonyl (C=O) groups excluding carboxylic acids is 1. The van der Waals surface area contributed by atoms with E-state index >= 15 is 0 Å². The number of benzene rings is 2. The van der Waals surface area contributed by atoms with Crippen LogP contribution < -0.4 is 5.32 Å². The fourth-order valence-electron chi connectivity index (χ4n) is 4.37. The van der Waals surface area contributed by atoms with Crippen molar-refractivity contribution in [1.29, 1.82) is 0 Å². The number of halogens is 5. The van der Waals surface area contributed by atoms with Crippen LogP contribution in [0.4, 0.5) is 25.1 Å². The van der Waals surface area contributed by atoms with Crippen LogP contribution in [-0.2, 0) is 0 Å². The van der Waals surface area contributed by atoms with E-state index < -0.39 is 21.0 Å². The molecule has 2 aromatic carbocycles. The highest BCUT2D eigenvalue weighted by Crippen LogP contribution is 3.02. The smallest absolute Gasteiger partial charge is 0.310 e. The van der Waals surface area contributed by atoms with Gasteiger partial charge in [-0.1, -0.05) is 64.2 Å². The van der Waals surface area contributed by atoms with Crippen molar-refractivity contribution in [3.05, 3.63) is 59.7 Å². The van der Waals surface area contributed by atoms with Gasteiger partial charge in [0.25, 0.3) is 5.91 Å². The number of rotatable bonds is 8. The molecule has 0 spiro atoms. The van der Waals surface area contributed by atoms with Gasteiger partial charge < -0.3 is 5.32 Å². The summed E-state index contributed by atoms with van der Waals surface area (Å²) in [4.78, 5) is 10.4. The second kappa shape index (κ2) is 8.69. The molecule has 0 heterocycles. The Labute approximate surface area is 186 Å². The second-order valence-electron chi connectivity index (χ2n) is 8.78. The Morgan fingerprint density at radius 2 is 1.47 bits per heavy atom. The first-order chi connectivity index (χ1) is 14.9. The fourth-order valence-corrected chi connectivity index (χ4v) is 5.02. The Morgan fingerprint density at radius 3 is 2.00 bits per heavy atom. The molecule has 0 saturated heterocycles. The van der Waals surface area contributed by atoms with Crippen molar-refractivity contribution in [1.82, 2.24) is 0 Å². The van der Waals surface area contributed by atoms with Gasteiger partial charge in [-0.05, 0) is 79.5 Å². The van der Waals surface area contributed by atoms with Crippen LogP contribution in [0.15, 0.2) is 53.4 Å². The number of carbonyl (C=O) groups is 1. The van der Waals surface area contributed by atoms with E-state index in [1.807, 2.05) is 12.1 Å². The minimum Gasteiger partial charge on any atom is -0.322 e. The first-order valence-electron chi connectivity index (χ1n) is 11.1. The van der Waals surface area contributed by atoms with Crippen LogP contribution in [0.5, 0.6) is 0 Å². The van der Waals surface area contributed by atoms with Crippen LogP contribution in [0.3, 0.4) is 0 Å². The molecule has 2 nitrogen and oxygen atoms in total. The molecular formula is C24H30F5NOS. The van der Waals surface area contributed by atoms with Gasteiger partial charge in [0.2, 0.25) is 0 Å². The Bertz CT molecular complexity index is 919. The number of unbranched alkanes of at least 4 members (excludes halogenated alkanes) is 2. The summed E-state index contributed by atoms with van der Waals surface area (Å²) in [6, 6.07) is 9.49. The zero-order chi connectivity index (χ0) is 23.5. The Morgan fingerprint density at radius 1 is 0.875 bits per heavy atom. The Kier molecular flexibility index (Phi) is 6.67. The Hall–Kier alpha value is -2.09. The van der Waals surface area contributed by atoms with E-state index in [1.165, 1.54) is 44.1 Å². The molecule has 1 aliphatic carbocycles. The number of nitrogens with one attached hydrogen (secondary N) is 1. The maximum atomic E-state index is 12.8. The summed E-state index contributed by atoms with van der Waals surface area (Å²) in [6.07, 6.45) is 9.88. The maximum absolute atomic E-state index is 12.8. The van der Waals surface area contributed by atoms with E-state index in [-0.39, 0.29) is 5.69 Å². The van der Waals surface area contributed by atoms with E-state index in [4.69, 9.17) is 0 Å². The minimum absolute atomic E-state index is 0.0195. The zero-order valence-electron chi connectivity index (χ0n) is 18.1. The van der Waals surface area contributed by atoms with E-state index in [0.717, 1.165) is 30.9 Å². The molecule has 0 unspecified atom stereocenters. The highest BCUT2D eigenvalue weighted by Gasteiger charge is 2.65. The van der Waals surface area contributed by atoms with Gasteiger partial charge in [-0.15, -0.1) is 0 Å². The van der Waals surface area contributed by atoms with Gasteiger partial charge in [-0.25, -0.2) is 0 Å². The van der Waals surface area contributed by atoms with Crippen LogP contribution in [0.1, 0.15) is 80.1 Å². The third kappa shape index (κ3) is 6.70. The lowest BCUT2D eigenvalue weighted by Gasteiger charge is -2.40. The standard InChI is InChI=1S/C24H30F5NOS/c1-2-3-4-5-18-6-8-19(9-7-18)20-10-12-21(13-11-20)24(31)30-22-14-16-23(17-15-22)32(25,26,27,28)29/h10-19H,2-9H2,1H3,(H,30,31). The van der Waals surface area contributed by atoms with Crippen molar-refractivity contribution in [3.63, 3.8) is 0 Å². The highest BCUT2D eigenvalue weighted by atomic mass is 32.5. The molecule has 0 atom stereocenters. The second-order valence-corrected chi connectivity index (χ2v) is 11.2.